The molecule has 35 heavy (non-hydrogen) atoms. The highest BCUT2D eigenvalue weighted by Gasteiger charge is 2.32. The van der Waals surface area contributed by atoms with Gasteiger partial charge in [0.05, 0.1) is 17.5 Å². The number of halogens is 3. The van der Waals surface area contributed by atoms with Gasteiger partial charge in [-0.1, -0.05) is 42.7 Å². The average molecular weight is 491 g/mol. The number of carbonyl (C=O) groups excluding carboxylic acids is 1. The number of hydrazone groups is 1. The summed E-state index contributed by atoms with van der Waals surface area (Å²) >= 11 is 0. The molecule has 0 radical (unpaired) electrons. The molecular weight excluding hydrogens is 467 g/mol. The van der Waals surface area contributed by atoms with Crippen LogP contribution in [0.3, 0.4) is 0 Å². The van der Waals surface area contributed by atoms with Crippen LogP contribution in [0.2, 0.25) is 0 Å². The third kappa shape index (κ3) is 5.48. The number of carbonyl (C=O) groups is 1. The molecule has 11 nitrogen and oxygen atoms in total. The molecule has 1 aliphatic carbocycles. The smallest absolute Gasteiger partial charge is 0.378 e. The Labute approximate surface area is 198 Å². The van der Waals surface area contributed by atoms with E-state index in [0.29, 0.717) is 11.7 Å². The van der Waals surface area contributed by atoms with Crippen molar-refractivity contribution in [1.82, 2.24) is 35.6 Å². The SMILES string of the molecule is CN(Cc1c(C(=O)NN=Cc2ccccc2C(F)(F)F)nnn1-c1nonc1N)C1CCCCC1. The second-order valence-corrected chi connectivity index (χ2v) is 8.26. The van der Waals surface area contributed by atoms with Crippen LogP contribution in [0.4, 0.5) is 19.0 Å². The van der Waals surface area contributed by atoms with Gasteiger partial charge in [0.2, 0.25) is 11.6 Å². The van der Waals surface area contributed by atoms with Crippen LogP contribution in [-0.4, -0.2) is 55.4 Å². The van der Waals surface area contributed by atoms with Crippen molar-refractivity contribution in [2.75, 3.05) is 12.8 Å². The van der Waals surface area contributed by atoms with E-state index < -0.39 is 17.6 Å². The minimum atomic E-state index is -4.56. The Morgan fingerprint density at radius 1 is 1.29 bits per heavy atom. The lowest BCUT2D eigenvalue weighted by Crippen LogP contribution is -2.34. The number of nitrogens with two attached hydrogens (primary N) is 1. The van der Waals surface area contributed by atoms with Gasteiger partial charge in [-0.2, -0.15) is 23.0 Å². The lowest BCUT2D eigenvalue weighted by atomic mass is 9.94. The van der Waals surface area contributed by atoms with Gasteiger partial charge in [-0.3, -0.25) is 9.69 Å². The number of nitrogen functional groups attached to an aromatic ring is 1. The first kappa shape index (κ1) is 24.3. The standard InChI is InChI=1S/C21H24F3N9O2/c1-32(14-8-3-2-4-9-14)12-16-17(27-31-33(16)19-18(25)29-35-30-19)20(34)28-26-11-13-7-5-6-10-15(13)21(22,23)24/h5-7,10-11,14H,2-4,8-9,12H2,1H3,(H2,25,29)(H,28,34). The van der Waals surface area contributed by atoms with Gasteiger partial charge in [0.1, 0.15) is 0 Å². The Bertz CT molecular complexity index is 1200. The van der Waals surface area contributed by atoms with Crippen molar-refractivity contribution < 1.29 is 22.6 Å². The third-order valence-electron chi connectivity index (χ3n) is 5.91. The summed E-state index contributed by atoms with van der Waals surface area (Å²) in [6, 6.07) is 5.22. The van der Waals surface area contributed by atoms with Crippen molar-refractivity contribution in [1.29, 1.82) is 0 Å². The zero-order valence-electron chi connectivity index (χ0n) is 18.9. The Morgan fingerprint density at radius 2 is 2.03 bits per heavy atom. The number of hydrogen-bond donors (Lipinski definition) is 2. The molecule has 0 spiro atoms. The first-order valence-electron chi connectivity index (χ1n) is 11.0. The lowest BCUT2D eigenvalue weighted by molar-refractivity contribution is -0.137. The van der Waals surface area contributed by atoms with Gasteiger partial charge in [-0.05, 0) is 36.3 Å². The van der Waals surface area contributed by atoms with Gasteiger partial charge in [-0.15, -0.1) is 5.10 Å². The molecule has 2 heterocycles. The van der Waals surface area contributed by atoms with E-state index in [-0.39, 0.29) is 29.4 Å². The van der Waals surface area contributed by atoms with Crippen LogP contribution in [0.25, 0.3) is 5.82 Å². The predicted octanol–water partition coefficient (Wildman–Crippen LogP) is 2.78. The van der Waals surface area contributed by atoms with Gasteiger partial charge < -0.3 is 5.73 Å². The van der Waals surface area contributed by atoms with Crippen LogP contribution < -0.4 is 11.2 Å². The predicted molar refractivity (Wildman–Crippen MR) is 118 cm³/mol. The van der Waals surface area contributed by atoms with Crippen LogP contribution in [-0.2, 0) is 12.7 Å². The molecule has 0 aliphatic heterocycles. The number of anilines is 1. The largest absolute Gasteiger partial charge is 0.417 e. The van der Waals surface area contributed by atoms with Gasteiger partial charge >= 0.3 is 6.18 Å². The number of nitrogens with zero attached hydrogens (tertiary/aromatic N) is 7. The molecular formula is C21H24F3N9O2. The summed E-state index contributed by atoms with van der Waals surface area (Å²) in [6.07, 6.45) is 1.85. The fourth-order valence-corrected chi connectivity index (χ4v) is 4.10. The lowest BCUT2D eigenvalue weighted by Gasteiger charge is -2.31. The fourth-order valence-electron chi connectivity index (χ4n) is 4.10. The van der Waals surface area contributed by atoms with Gasteiger partial charge in [0.15, 0.2) is 5.69 Å². The monoisotopic (exact) mass is 491 g/mol. The maximum absolute atomic E-state index is 13.2. The number of aromatic nitrogens is 5. The van der Waals surface area contributed by atoms with Crippen molar-refractivity contribution in [2.24, 2.45) is 5.10 Å². The molecule has 2 aromatic heterocycles. The summed E-state index contributed by atoms with van der Waals surface area (Å²) in [7, 11) is 1.94. The molecule has 4 rings (SSSR count). The highest BCUT2D eigenvalue weighted by atomic mass is 19.4. The maximum Gasteiger partial charge on any atom is 0.417 e. The molecule has 1 amide bonds. The maximum atomic E-state index is 13.2. The van der Waals surface area contributed by atoms with Gasteiger partial charge in [-0.25, -0.2) is 10.1 Å². The summed E-state index contributed by atoms with van der Waals surface area (Å²) in [6.45, 7) is 0.285. The van der Waals surface area contributed by atoms with E-state index in [9.17, 15) is 18.0 Å². The van der Waals surface area contributed by atoms with Gasteiger partial charge in [0.25, 0.3) is 5.91 Å². The minimum Gasteiger partial charge on any atom is -0.378 e. The van der Waals surface area contributed by atoms with Crippen molar-refractivity contribution in [3.8, 4) is 5.82 Å². The van der Waals surface area contributed by atoms with E-state index in [4.69, 9.17) is 5.73 Å². The Balaban J connectivity index is 1.58. The average Bonchev–Trinajstić information content (AvgIpc) is 3.44. The number of benzene rings is 1. The Hall–Kier alpha value is -3.81. The first-order valence-corrected chi connectivity index (χ1v) is 11.0. The van der Waals surface area contributed by atoms with E-state index in [2.05, 4.69) is 40.7 Å². The summed E-state index contributed by atoms with van der Waals surface area (Å²) in [5.41, 5.74) is 7.27. The molecule has 1 fully saturated rings. The molecule has 1 aliphatic rings. The quantitative estimate of drug-likeness (QED) is 0.380. The Kier molecular flexibility index (Phi) is 7.10. The zero-order chi connectivity index (χ0) is 25.0. The topological polar surface area (TPSA) is 140 Å². The van der Waals surface area contributed by atoms with Crippen molar-refractivity contribution >= 4 is 17.9 Å². The van der Waals surface area contributed by atoms with Crippen LogP contribution in [0, 0.1) is 0 Å². The van der Waals surface area contributed by atoms with Crippen LogP contribution >= 0.6 is 0 Å². The highest BCUT2D eigenvalue weighted by Crippen LogP contribution is 2.31. The molecule has 0 bridgehead atoms. The Morgan fingerprint density at radius 3 is 2.71 bits per heavy atom. The second kappa shape index (κ2) is 10.2. The van der Waals surface area contributed by atoms with E-state index in [1.165, 1.54) is 29.3 Å². The van der Waals surface area contributed by atoms with Gasteiger partial charge in [0, 0.05) is 18.2 Å². The van der Waals surface area contributed by atoms with E-state index in [1.54, 1.807) is 0 Å². The molecule has 1 aromatic carbocycles. The number of rotatable bonds is 7. The van der Waals surface area contributed by atoms with Crippen molar-refractivity contribution in [2.45, 2.75) is 50.9 Å². The molecule has 0 atom stereocenters. The van der Waals surface area contributed by atoms with Crippen molar-refractivity contribution in [3.05, 3.63) is 46.8 Å². The number of alkyl halides is 3. The third-order valence-corrected chi connectivity index (χ3v) is 5.91. The van der Waals surface area contributed by atoms with E-state index in [1.807, 2.05) is 7.05 Å². The molecule has 3 N–H and O–H groups in total. The summed E-state index contributed by atoms with van der Waals surface area (Å²) in [5.74, 6) is -0.713. The normalized spacial score (nSPS) is 15.2. The van der Waals surface area contributed by atoms with Crippen LogP contribution in [0.5, 0.6) is 0 Å². The van der Waals surface area contributed by atoms with Crippen LogP contribution in [0.15, 0.2) is 34.0 Å². The summed E-state index contributed by atoms with van der Waals surface area (Å²) in [4.78, 5) is 15.0. The molecule has 186 valence electrons. The fraction of sp³-hybridized carbons (Fsp3) is 0.429. The molecule has 1 saturated carbocycles. The first-order chi connectivity index (χ1) is 16.8. The highest BCUT2D eigenvalue weighted by molar-refractivity contribution is 5.94. The molecule has 0 saturated heterocycles. The number of hydrogen-bond acceptors (Lipinski definition) is 9. The number of amides is 1. The van der Waals surface area contributed by atoms with Crippen molar-refractivity contribution in [3.63, 3.8) is 0 Å². The van der Waals surface area contributed by atoms with Crippen LogP contribution in [0.1, 0.15) is 59.4 Å². The molecule has 3 aromatic rings. The minimum absolute atomic E-state index is 0.0368. The summed E-state index contributed by atoms with van der Waals surface area (Å²) in [5, 5.41) is 18.9. The second-order valence-electron chi connectivity index (χ2n) is 8.26. The van der Waals surface area contributed by atoms with E-state index in [0.717, 1.165) is 38.0 Å². The summed E-state index contributed by atoms with van der Waals surface area (Å²) < 4.78 is 45.5. The zero-order valence-corrected chi connectivity index (χ0v) is 18.9. The van der Waals surface area contributed by atoms with E-state index >= 15 is 0 Å². The number of nitrogens with one attached hydrogen (secondary N) is 1. The molecule has 14 heteroatoms. The molecule has 0 unspecified atom stereocenters.